The molecule has 220 valence electrons. The van der Waals surface area contributed by atoms with Crippen molar-refractivity contribution in [3.8, 4) is 5.75 Å². The largest absolute Gasteiger partial charge is 0.497 e. The second-order valence-corrected chi connectivity index (χ2v) is 13.1. The highest BCUT2D eigenvalue weighted by molar-refractivity contribution is 7.92. The average Bonchev–Trinajstić information content (AvgIpc) is 2.92. The SMILES string of the molecule is CCC(C(=O)NC(C)(C)C)N(Cc1ccc(OC)cc1)C(=O)CN(c1ccc(Cl)c(Cl)c1)S(=O)(=O)c1ccccc1. The molecular formula is C30H35Cl2N3O5S. The molecular weight excluding hydrogens is 585 g/mol. The van der Waals surface area contributed by atoms with Crippen LogP contribution in [-0.4, -0.2) is 50.4 Å². The van der Waals surface area contributed by atoms with Crippen LogP contribution in [0.25, 0.3) is 0 Å². The third kappa shape index (κ3) is 8.38. The quantitative estimate of drug-likeness (QED) is 0.287. The number of sulfonamides is 1. The number of ether oxygens (including phenoxy) is 1. The molecule has 1 unspecified atom stereocenters. The summed E-state index contributed by atoms with van der Waals surface area (Å²) in [6.45, 7) is 6.85. The Balaban J connectivity index is 2.08. The minimum Gasteiger partial charge on any atom is -0.497 e. The van der Waals surface area contributed by atoms with E-state index in [0.29, 0.717) is 12.2 Å². The Morgan fingerprint density at radius 3 is 2.12 bits per heavy atom. The summed E-state index contributed by atoms with van der Waals surface area (Å²) in [5.74, 6) is -0.264. The molecule has 0 aliphatic carbocycles. The fourth-order valence-electron chi connectivity index (χ4n) is 4.19. The molecule has 0 saturated carbocycles. The number of halogens is 2. The molecule has 0 radical (unpaired) electrons. The number of rotatable bonds is 11. The first-order valence-corrected chi connectivity index (χ1v) is 15.2. The number of hydrogen-bond donors (Lipinski definition) is 1. The summed E-state index contributed by atoms with van der Waals surface area (Å²) in [6.07, 6.45) is 0.308. The Kier molecular flexibility index (Phi) is 10.7. The van der Waals surface area contributed by atoms with Gasteiger partial charge < -0.3 is 15.0 Å². The third-order valence-electron chi connectivity index (χ3n) is 6.20. The number of carbonyl (C=O) groups excluding carboxylic acids is 2. The van der Waals surface area contributed by atoms with Crippen LogP contribution in [0.1, 0.15) is 39.7 Å². The van der Waals surface area contributed by atoms with Crippen LogP contribution in [-0.2, 0) is 26.2 Å². The lowest BCUT2D eigenvalue weighted by molar-refractivity contribution is -0.141. The van der Waals surface area contributed by atoms with Gasteiger partial charge in [-0.3, -0.25) is 13.9 Å². The molecule has 0 aliphatic heterocycles. The average molecular weight is 621 g/mol. The number of carbonyl (C=O) groups is 2. The lowest BCUT2D eigenvalue weighted by atomic mass is 10.1. The van der Waals surface area contributed by atoms with Crippen molar-refractivity contribution in [1.29, 1.82) is 0 Å². The summed E-state index contributed by atoms with van der Waals surface area (Å²) in [4.78, 5) is 28.9. The normalized spacial score (nSPS) is 12.4. The van der Waals surface area contributed by atoms with Gasteiger partial charge in [0, 0.05) is 12.1 Å². The van der Waals surface area contributed by atoms with Crippen LogP contribution >= 0.6 is 23.2 Å². The van der Waals surface area contributed by atoms with Crippen LogP contribution in [0.3, 0.4) is 0 Å². The number of nitrogens with one attached hydrogen (secondary N) is 1. The second kappa shape index (κ2) is 13.6. The zero-order valence-electron chi connectivity index (χ0n) is 23.7. The van der Waals surface area contributed by atoms with E-state index in [0.717, 1.165) is 9.87 Å². The molecule has 0 heterocycles. The van der Waals surface area contributed by atoms with Crippen molar-refractivity contribution in [1.82, 2.24) is 10.2 Å². The molecule has 1 atom stereocenters. The monoisotopic (exact) mass is 619 g/mol. The fraction of sp³-hybridized carbons (Fsp3) is 0.333. The van der Waals surface area contributed by atoms with Gasteiger partial charge in [0.15, 0.2) is 0 Å². The van der Waals surface area contributed by atoms with Crippen LogP contribution in [0.4, 0.5) is 5.69 Å². The Bertz CT molecular complexity index is 1460. The van der Waals surface area contributed by atoms with E-state index in [1.54, 1.807) is 56.5 Å². The molecule has 3 rings (SSSR count). The first-order valence-electron chi connectivity index (χ1n) is 13.0. The first-order chi connectivity index (χ1) is 19.3. The second-order valence-electron chi connectivity index (χ2n) is 10.5. The zero-order chi connectivity index (χ0) is 30.4. The lowest BCUT2D eigenvalue weighted by Gasteiger charge is -2.34. The Morgan fingerprint density at radius 1 is 0.951 bits per heavy atom. The van der Waals surface area contributed by atoms with Crippen molar-refractivity contribution < 1.29 is 22.7 Å². The maximum Gasteiger partial charge on any atom is 0.264 e. The molecule has 0 spiro atoms. The van der Waals surface area contributed by atoms with Gasteiger partial charge in [-0.25, -0.2) is 8.42 Å². The maximum atomic E-state index is 14.1. The van der Waals surface area contributed by atoms with Crippen LogP contribution < -0.4 is 14.4 Å². The van der Waals surface area contributed by atoms with Gasteiger partial charge in [-0.15, -0.1) is 0 Å². The predicted molar refractivity (Wildman–Crippen MR) is 163 cm³/mol. The van der Waals surface area contributed by atoms with E-state index in [2.05, 4.69) is 5.32 Å². The van der Waals surface area contributed by atoms with E-state index in [1.807, 2.05) is 20.8 Å². The Labute approximate surface area is 252 Å². The Hall–Kier alpha value is -3.27. The van der Waals surface area contributed by atoms with Gasteiger partial charge in [0.25, 0.3) is 10.0 Å². The number of benzene rings is 3. The van der Waals surface area contributed by atoms with E-state index >= 15 is 0 Å². The summed E-state index contributed by atoms with van der Waals surface area (Å²) in [5.41, 5.74) is 0.364. The van der Waals surface area contributed by atoms with Crippen LogP contribution in [0, 0.1) is 0 Å². The van der Waals surface area contributed by atoms with Crippen LogP contribution in [0.15, 0.2) is 77.7 Å². The number of nitrogens with zero attached hydrogens (tertiary/aromatic N) is 2. The molecule has 0 aliphatic rings. The molecule has 0 fully saturated rings. The van der Waals surface area contributed by atoms with Crippen molar-refractivity contribution in [3.63, 3.8) is 0 Å². The molecule has 8 nitrogen and oxygen atoms in total. The molecule has 0 bridgehead atoms. The lowest BCUT2D eigenvalue weighted by Crippen LogP contribution is -2.55. The van der Waals surface area contributed by atoms with Gasteiger partial charge >= 0.3 is 0 Å². The summed E-state index contributed by atoms with van der Waals surface area (Å²) < 4.78 is 34.0. The molecule has 0 aromatic heterocycles. The topological polar surface area (TPSA) is 96.0 Å². The zero-order valence-corrected chi connectivity index (χ0v) is 26.1. The number of hydrogen-bond acceptors (Lipinski definition) is 5. The van der Waals surface area contributed by atoms with Gasteiger partial charge in [0.05, 0.1) is 27.7 Å². The van der Waals surface area contributed by atoms with E-state index in [4.69, 9.17) is 27.9 Å². The number of amides is 2. The molecule has 1 N–H and O–H groups in total. The third-order valence-corrected chi connectivity index (χ3v) is 8.72. The Morgan fingerprint density at radius 2 is 1.59 bits per heavy atom. The summed E-state index contributed by atoms with van der Waals surface area (Å²) in [7, 11) is -2.65. The highest BCUT2D eigenvalue weighted by Crippen LogP contribution is 2.31. The van der Waals surface area contributed by atoms with Crippen molar-refractivity contribution in [2.45, 2.75) is 57.1 Å². The van der Waals surface area contributed by atoms with Gasteiger partial charge in [-0.05, 0) is 75.2 Å². The number of methoxy groups -OCH3 is 1. The molecule has 0 saturated heterocycles. The van der Waals surface area contributed by atoms with Crippen molar-refractivity contribution >= 4 is 50.7 Å². The minimum atomic E-state index is -4.21. The van der Waals surface area contributed by atoms with Crippen LogP contribution in [0.2, 0.25) is 10.0 Å². The summed E-state index contributed by atoms with van der Waals surface area (Å²) in [5, 5.41) is 3.32. The first kappa shape index (κ1) is 32.2. The molecule has 41 heavy (non-hydrogen) atoms. The van der Waals surface area contributed by atoms with E-state index in [-0.39, 0.29) is 33.1 Å². The molecule has 11 heteroatoms. The summed E-state index contributed by atoms with van der Waals surface area (Å²) >= 11 is 12.4. The van der Waals surface area contributed by atoms with Crippen molar-refractivity contribution in [2.75, 3.05) is 18.0 Å². The van der Waals surface area contributed by atoms with E-state index < -0.39 is 34.1 Å². The minimum absolute atomic E-state index is 0.00176. The molecule has 3 aromatic carbocycles. The predicted octanol–water partition coefficient (Wildman–Crippen LogP) is 5.92. The van der Waals surface area contributed by atoms with Crippen molar-refractivity contribution in [3.05, 3.63) is 88.4 Å². The fourth-order valence-corrected chi connectivity index (χ4v) is 5.91. The maximum absolute atomic E-state index is 14.1. The summed E-state index contributed by atoms with van der Waals surface area (Å²) in [6, 6.07) is 18.4. The number of anilines is 1. The molecule has 3 aromatic rings. The van der Waals surface area contributed by atoms with Gasteiger partial charge in [0.2, 0.25) is 11.8 Å². The van der Waals surface area contributed by atoms with Gasteiger partial charge in [-0.1, -0.05) is 60.5 Å². The van der Waals surface area contributed by atoms with Gasteiger partial charge in [-0.2, -0.15) is 0 Å². The smallest absolute Gasteiger partial charge is 0.264 e. The molecule has 2 amide bonds. The van der Waals surface area contributed by atoms with Crippen LogP contribution in [0.5, 0.6) is 5.75 Å². The van der Waals surface area contributed by atoms with E-state index in [9.17, 15) is 18.0 Å². The van der Waals surface area contributed by atoms with Gasteiger partial charge in [0.1, 0.15) is 18.3 Å². The van der Waals surface area contributed by atoms with Crippen molar-refractivity contribution in [2.24, 2.45) is 0 Å². The van der Waals surface area contributed by atoms with E-state index in [1.165, 1.54) is 35.2 Å². The highest BCUT2D eigenvalue weighted by atomic mass is 35.5. The highest BCUT2D eigenvalue weighted by Gasteiger charge is 2.34. The standard InChI is InChI=1S/C30H35Cl2N3O5S/c1-6-27(29(37)33-30(2,3)4)34(19-21-12-15-23(40-5)16-13-21)28(36)20-35(22-14-17-25(31)26(32)18-22)41(38,39)24-10-8-7-9-11-24/h7-18,27H,6,19-20H2,1-5H3,(H,33,37).